The van der Waals surface area contributed by atoms with Crippen molar-refractivity contribution in [2.45, 2.75) is 88.2 Å². The number of hydrogen-bond donors (Lipinski definition) is 1. The molecule has 3 aromatic rings. The summed E-state index contributed by atoms with van der Waals surface area (Å²) in [6.45, 7) is 2.13. The van der Waals surface area contributed by atoms with E-state index in [1.54, 1.807) is 13.0 Å². The van der Waals surface area contributed by atoms with Crippen LogP contribution in [0, 0.1) is 0 Å². The van der Waals surface area contributed by atoms with Crippen LogP contribution in [0.3, 0.4) is 0 Å². The van der Waals surface area contributed by atoms with Crippen molar-refractivity contribution in [3.63, 3.8) is 0 Å². The Morgan fingerprint density at radius 2 is 1.74 bits per heavy atom. The first-order valence-corrected chi connectivity index (χ1v) is 20.2. The van der Waals surface area contributed by atoms with Crippen LogP contribution in [-0.2, 0) is 38.4 Å². The van der Waals surface area contributed by atoms with E-state index < -0.39 is 67.7 Å². The normalized spacial score (nSPS) is 20.1. The zero-order valence-electron chi connectivity index (χ0n) is 29.5. The summed E-state index contributed by atoms with van der Waals surface area (Å²) >= 11 is 0.378. The highest BCUT2D eigenvalue weighted by atomic mass is 32.2. The van der Waals surface area contributed by atoms with Crippen molar-refractivity contribution >= 4 is 39.1 Å². The van der Waals surface area contributed by atoms with Gasteiger partial charge in [0, 0.05) is 56.3 Å². The molecule has 1 N–H and O–H groups in total. The van der Waals surface area contributed by atoms with Crippen molar-refractivity contribution < 1.29 is 53.9 Å². The molecule has 0 saturated carbocycles. The monoisotopic (exact) mass is 802 g/mol. The van der Waals surface area contributed by atoms with Gasteiger partial charge in [0.15, 0.2) is 0 Å². The van der Waals surface area contributed by atoms with Crippen LogP contribution in [0.4, 0.5) is 26.3 Å². The molecule has 0 bridgehead atoms. The van der Waals surface area contributed by atoms with E-state index in [0.717, 1.165) is 41.2 Å². The summed E-state index contributed by atoms with van der Waals surface area (Å²) in [7, 11) is -3.72. The van der Waals surface area contributed by atoms with Crippen molar-refractivity contribution in [1.82, 2.24) is 19.5 Å². The number of carbonyl (C=O) groups is 3. The number of alkyl halides is 6. The van der Waals surface area contributed by atoms with E-state index in [0.29, 0.717) is 36.7 Å². The zero-order valence-corrected chi connectivity index (χ0v) is 31.1. The van der Waals surface area contributed by atoms with Crippen LogP contribution in [0.1, 0.15) is 89.7 Å². The summed E-state index contributed by atoms with van der Waals surface area (Å²) in [6.07, 6.45) is -5.26. The van der Waals surface area contributed by atoms with Gasteiger partial charge in [0.05, 0.1) is 23.4 Å². The molecular weight excluding hydrogens is 763 g/mol. The van der Waals surface area contributed by atoms with Crippen molar-refractivity contribution in [3.05, 3.63) is 81.3 Å². The number of carbonyl (C=O) groups excluding carboxylic acids is 3. The van der Waals surface area contributed by atoms with Crippen molar-refractivity contribution in [1.29, 1.82) is 0 Å². The topological polar surface area (TPSA) is 126 Å². The Morgan fingerprint density at radius 3 is 2.37 bits per heavy atom. The molecule has 4 heterocycles. The van der Waals surface area contributed by atoms with Crippen LogP contribution in [0.25, 0.3) is 0 Å². The second-order valence-electron chi connectivity index (χ2n) is 13.5. The summed E-state index contributed by atoms with van der Waals surface area (Å²) in [5.41, 5.74) is -2.08. The number of benzene rings is 1. The third-order valence-corrected chi connectivity index (χ3v) is 11.3. The molecule has 10 nitrogen and oxygen atoms in total. The number of rotatable bonds is 11. The maximum Gasteiger partial charge on any atom is 0.425 e. The Morgan fingerprint density at radius 1 is 1.04 bits per heavy atom. The lowest BCUT2D eigenvalue weighted by Gasteiger charge is -2.50. The second kappa shape index (κ2) is 16.3. The molecule has 5 rings (SSSR count). The van der Waals surface area contributed by atoms with E-state index in [-0.39, 0.29) is 63.4 Å². The maximum atomic E-state index is 14.9. The first kappa shape index (κ1) is 41.0. The molecule has 18 heteroatoms. The predicted octanol–water partition coefficient (Wildman–Crippen LogP) is 6.82. The summed E-state index contributed by atoms with van der Waals surface area (Å²) in [6, 6.07) is 7.72. The number of ether oxygens (including phenoxy) is 1. The average Bonchev–Trinajstić information content (AvgIpc) is 3.59. The standard InChI is InChI=1S/C36H40F6N4O6S2/c1-3-7-29-34(52-25-20-30(53-22-25)36(40,41)42,15-6-17-46(29)32(48)27-21-43-16-12-28(27)35(37,38)39)33(49)45-18-13-24(14-19-45)26-9-5-4-8-23(26)10-11-31(47)44-54(2,50)51/h4-5,8-9,12,16,20-22,24,29H,3,6-7,10-11,13-15,17-19H2,1-2H3,(H,44,47). The Hall–Kier alpha value is -4.19. The molecule has 2 unspecified atom stereocenters. The third-order valence-electron chi connectivity index (χ3n) is 9.76. The lowest BCUT2D eigenvalue weighted by Crippen LogP contribution is -2.68. The molecule has 294 valence electrons. The molecule has 0 spiro atoms. The van der Waals surface area contributed by atoms with Gasteiger partial charge in [-0.3, -0.25) is 24.1 Å². The number of nitrogens with one attached hydrogen (secondary N) is 1. The number of nitrogens with zero attached hydrogens (tertiary/aromatic N) is 3. The van der Waals surface area contributed by atoms with Gasteiger partial charge in [0.2, 0.25) is 21.5 Å². The number of pyridine rings is 1. The van der Waals surface area contributed by atoms with Gasteiger partial charge >= 0.3 is 12.4 Å². The minimum atomic E-state index is -4.89. The summed E-state index contributed by atoms with van der Waals surface area (Å²) < 4.78 is 114. The first-order chi connectivity index (χ1) is 25.3. The number of thiophene rings is 1. The molecule has 2 aromatic heterocycles. The Balaban J connectivity index is 1.45. The Bertz CT molecular complexity index is 1940. The minimum Gasteiger partial charge on any atom is -0.474 e. The van der Waals surface area contributed by atoms with E-state index in [1.807, 2.05) is 22.9 Å². The molecule has 2 saturated heterocycles. The quantitative estimate of drug-likeness (QED) is 0.211. The number of halogens is 6. The van der Waals surface area contributed by atoms with Gasteiger partial charge in [-0.1, -0.05) is 37.6 Å². The zero-order chi connectivity index (χ0) is 39.5. The molecule has 2 atom stereocenters. The maximum absolute atomic E-state index is 14.9. The highest BCUT2D eigenvalue weighted by Gasteiger charge is 2.56. The van der Waals surface area contributed by atoms with Gasteiger partial charge in [-0.05, 0) is 55.2 Å². The number of likely N-dealkylation sites (tertiary alicyclic amines) is 2. The molecule has 54 heavy (non-hydrogen) atoms. The van der Waals surface area contributed by atoms with Gasteiger partial charge in [-0.25, -0.2) is 8.42 Å². The number of aromatic nitrogens is 1. The van der Waals surface area contributed by atoms with Gasteiger partial charge in [0.25, 0.3) is 11.8 Å². The number of sulfonamides is 1. The lowest BCUT2D eigenvalue weighted by molar-refractivity contribution is -0.160. The number of piperidine rings is 2. The van der Waals surface area contributed by atoms with E-state index >= 15 is 0 Å². The second-order valence-corrected chi connectivity index (χ2v) is 16.2. The molecular formula is C36H40F6N4O6S2. The number of hydrogen-bond acceptors (Lipinski definition) is 8. The van der Waals surface area contributed by atoms with Crippen molar-refractivity contribution in [2.75, 3.05) is 25.9 Å². The molecule has 0 radical (unpaired) electrons. The van der Waals surface area contributed by atoms with Crippen LogP contribution in [-0.4, -0.2) is 78.5 Å². The summed E-state index contributed by atoms with van der Waals surface area (Å²) in [4.78, 5) is 46.6. The SMILES string of the molecule is CCCC1N(C(=O)c2cnccc2C(F)(F)F)CCCC1(Oc1csc(C(F)(F)F)c1)C(=O)N1CCC(c2ccccc2CCC(=O)NS(C)(=O)=O)CC1. The minimum absolute atomic E-state index is 0.00501. The van der Waals surface area contributed by atoms with Crippen molar-refractivity contribution in [3.8, 4) is 5.75 Å². The molecule has 0 aliphatic carbocycles. The van der Waals surface area contributed by atoms with Crippen LogP contribution in [0.15, 0.2) is 54.2 Å². The largest absolute Gasteiger partial charge is 0.474 e. The fraction of sp³-hybridized carbons (Fsp3) is 0.500. The fourth-order valence-electron chi connectivity index (χ4n) is 7.43. The summed E-state index contributed by atoms with van der Waals surface area (Å²) in [5.74, 6) is -2.54. The van der Waals surface area contributed by atoms with Gasteiger partial charge < -0.3 is 14.5 Å². The number of amides is 3. The third kappa shape index (κ3) is 9.36. The lowest BCUT2D eigenvalue weighted by atomic mass is 9.78. The summed E-state index contributed by atoms with van der Waals surface area (Å²) in [5, 5.41) is 1.13. The van der Waals surface area contributed by atoms with Gasteiger partial charge in [-0.2, -0.15) is 26.3 Å². The van der Waals surface area contributed by atoms with Gasteiger partial charge in [0.1, 0.15) is 10.6 Å². The van der Waals surface area contributed by atoms with Gasteiger partial charge in [-0.15, -0.1) is 11.3 Å². The van der Waals surface area contributed by atoms with Crippen LogP contribution < -0.4 is 9.46 Å². The van der Waals surface area contributed by atoms with E-state index in [9.17, 15) is 49.1 Å². The number of aryl methyl sites for hydroxylation is 1. The molecule has 2 aliphatic heterocycles. The first-order valence-electron chi connectivity index (χ1n) is 17.4. The average molecular weight is 803 g/mol. The predicted molar refractivity (Wildman–Crippen MR) is 187 cm³/mol. The van der Waals surface area contributed by atoms with Crippen LogP contribution >= 0.6 is 11.3 Å². The highest BCUT2D eigenvalue weighted by molar-refractivity contribution is 7.89. The van der Waals surface area contributed by atoms with Crippen LogP contribution in [0.2, 0.25) is 0 Å². The smallest absolute Gasteiger partial charge is 0.425 e. The molecule has 1 aromatic carbocycles. The highest BCUT2D eigenvalue weighted by Crippen LogP contribution is 2.43. The van der Waals surface area contributed by atoms with Crippen LogP contribution in [0.5, 0.6) is 5.75 Å². The van der Waals surface area contributed by atoms with E-state index in [2.05, 4.69) is 4.98 Å². The van der Waals surface area contributed by atoms with Crippen molar-refractivity contribution in [2.24, 2.45) is 0 Å². The van der Waals surface area contributed by atoms with E-state index in [4.69, 9.17) is 4.74 Å². The van der Waals surface area contributed by atoms with E-state index in [1.165, 1.54) is 9.80 Å². The molecule has 2 aliphatic rings. The molecule has 2 fully saturated rings. The fourth-order valence-corrected chi connectivity index (χ4v) is 8.62. The Kier molecular flexibility index (Phi) is 12.3. The molecule has 3 amide bonds. The Labute approximate surface area is 312 Å².